The molecular formula is C18H21N3O. The number of hydrogen-bond acceptors (Lipinski definition) is 3. The van der Waals surface area contributed by atoms with Crippen LogP contribution < -0.4 is 5.43 Å². The Labute approximate surface area is 131 Å². The van der Waals surface area contributed by atoms with Gasteiger partial charge in [-0.3, -0.25) is 9.78 Å². The van der Waals surface area contributed by atoms with Gasteiger partial charge < -0.3 is 0 Å². The summed E-state index contributed by atoms with van der Waals surface area (Å²) in [6.45, 7) is 8.26. The van der Waals surface area contributed by atoms with E-state index in [1.54, 1.807) is 12.4 Å². The van der Waals surface area contributed by atoms with Gasteiger partial charge in [0.15, 0.2) is 0 Å². The molecule has 22 heavy (non-hydrogen) atoms. The summed E-state index contributed by atoms with van der Waals surface area (Å²) in [6.07, 6.45) is 3.41. The van der Waals surface area contributed by atoms with Crippen molar-refractivity contribution in [1.82, 2.24) is 10.4 Å². The van der Waals surface area contributed by atoms with Crippen LogP contribution in [0.5, 0.6) is 0 Å². The Hall–Kier alpha value is -2.49. The number of pyridine rings is 1. The molecule has 2 aromatic rings. The van der Waals surface area contributed by atoms with Crippen LogP contribution in [0.15, 0.2) is 53.9 Å². The second kappa shape index (κ2) is 6.52. The molecule has 0 aliphatic rings. The summed E-state index contributed by atoms with van der Waals surface area (Å²) in [4.78, 5) is 16.1. The predicted molar refractivity (Wildman–Crippen MR) is 89.1 cm³/mol. The molecule has 0 aliphatic heterocycles. The van der Waals surface area contributed by atoms with Crippen molar-refractivity contribution in [3.05, 3.63) is 65.5 Å². The minimum absolute atomic E-state index is 0.0735. The fourth-order valence-corrected chi connectivity index (χ4v) is 1.96. The molecule has 4 heteroatoms. The van der Waals surface area contributed by atoms with Crippen LogP contribution in [-0.4, -0.2) is 16.6 Å². The molecular weight excluding hydrogens is 274 g/mol. The van der Waals surface area contributed by atoms with Crippen molar-refractivity contribution in [3.8, 4) is 0 Å². The SMILES string of the molecule is CC(=NNC(=O)c1ccc(C(C)(C)C)cc1)c1cccnc1. The average molecular weight is 295 g/mol. The Balaban J connectivity index is 2.07. The number of nitrogens with one attached hydrogen (secondary N) is 1. The second-order valence-electron chi connectivity index (χ2n) is 6.21. The molecule has 1 N–H and O–H groups in total. The first-order valence-electron chi connectivity index (χ1n) is 7.23. The lowest BCUT2D eigenvalue weighted by Crippen LogP contribution is -2.20. The van der Waals surface area contributed by atoms with E-state index in [2.05, 4.69) is 36.3 Å². The zero-order valence-corrected chi connectivity index (χ0v) is 13.4. The lowest BCUT2D eigenvalue weighted by Gasteiger charge is -2.18. The molecule has 0 fully saturated rings. The van der Waals surface area contributed by atoms with E-state index in [-0.39, 0.29) is 11.3 Å². The van der Waals surface area contributed by atoms with Gasteiger partial charge in [0.25, 0.3) is 5.91 Å². The number of carbonyl (C=O) groups excluding carboxylic acids is 1. The van der Waals surface area contributed by atoms with Crippen LogP contribution in [0.1, 0.15) is 49.2 Å². The molecule has 0 radical (unpaired) electrons. The highest BCUT2D eigenvalue weighted by Gasteiger charge is 2.14. The summed E-state index contributed by atoms with van der Waals surface area (Å²) in [5.41, 5.74) is 6.03. The molecule has 0 atom stereocenters. The molecule has 114 valence electrons. The van der Waals surface area contributed by atoms with Crippen LogP contribution in [-0.2, 0) is 5.41 Å². The molecule has 1 heterocycles. The first-order valence-corrected chi connectivity index (χ1v) is 7.23. The zero-order valence-electron chi connectivity index (χ0n) is 13.4. The topological polar surface area (TPSA) is 54.4 Å². The molecule has 0 saturated heterocycles. The fraction of sp³-hybridized carbons (Fsp3) is 0.278. The van der Waals surface area contributed by atoms with Crippen LogP contribution in [0, 0.1) is 0 Å². The van der Waals surface area contributed by atoms with Gasteiger partial charge in [-0.15, -0.1) is 0 Å². The van der Waals surface area contributed by atoms with Gasteiger partial charge in [0.05, 0.1) is 5.71 Å². The summed E-state index contributed by atoms with van der Waals surface area (Å²) in [7, 11) is 0. The second-order valence-corrected chi connectivity index (χ2v) is 6.21. The highest BCUT2D eigenvalue weighted by atomic mass is 16.2. The normalized spacial score (nSPS) is 12.1. The summed E-state index contributed by atoms with van der Waals surface area (Å²) >= 11 is 0. The van der Waals surface area contributed by atoms with Crippen molar-refractivity contribution >= 4 is 11.6 Å². The molecule has 0 unspecified atom stereocenters. The van der Waals surface area contributed by atoms with Gasteiger partial charge in [-0.1, -0.05) is 39.0 Å². The summed E-state index contributed by atoms with van der Waals surface area (Å²) in [5, 5.41) is 4.12. The first kappa shape index (κ1) is 15.9. The van der Waals surface area contributed by atoms with Crippen molar-refractivity contribution in [2.45, 2.75) is 33.1 Å². The third-order valence-corrected chi connectivity index (χ3v) is 3.42. The van der Waals surface area contributed by atoms with Crippen molar-refractivity contribution in [2.75, 3.05) is 0 Å². The summed E-state index contributed by atoms with van der Waals surface area (Å²) in [6, 6.07) is 11.3. The molecule has 1 aromatic carbocycles. The number of nitrogens with zero attached hydrogens (tertiary/aromatic N) is 2. The number of hydrazone groups is 1. The molecule has 0 bridgehead atoms. The van der Waals surface area contributed by atoms with E-state index in [1.807, 2.05) is 43.3 Å². The monoisotopic (exact) mass is 295 g/mol. The van der Waals surface area contributed by atoms with E-state index in [0.717, 1.165) is 5.56 Å². The molecule has 0 saturated carbocycles. The number of rotatable bonds is 3. The Morgan fingerprint density at radius 3 is 2.32 bits per heavy atom. The molecule has 0 aliphatic carbocycles. The van der Waals surface area contributed by atoms with Crippen molar-refractivity contribution in [3.63, 3.8) is 0 Å². The van der Waals surface area contributed by atoms with Gasteiger partial charge in [0.1, 0.15) is 0 Å². The highest BCUT2D eigenvalue weighted by Crippen LogP contribution is 2.22. The van der Waals surface area contributed by atoms with Gasteiger partial charge in [-0.25, -0.2) is 5.43 Å². The van der Waals surface area contributed by atoms with E-state index in [0.29, 0.717) is 11.3 Å². The Morgan fingerprint density at radius 1 is 1.09 bits per heavy atom. The predicted octanol–water partition coefficient (Wildman–Crippen LogP) is 3.53. The van der Waals surface area contributed by atoms with Crippen LogP contribution >= 0.6 is 0 Å². The van der Waals surface area contributed by atoms with Crippen LogP contribution in [0.4, 0.5) is 0 Å². The quantitative estimate of drug-likeness (QED) is 0.695. The molecule has 1 amide bonds. The smallest absolute Gasteiger partial charge is 0.267 e. The largest absolute Gasteiger partial charge is 0.271 e. The Morgan fingerprint density at radius 2 is 1.77 bits per heavy atom. The molecule has 1 aromatic heterocycles. The van der Waals surface area contributed by atoms with Gasteiger partial charge in [-0.05, 0) is 36.1 Å². The summed E-state index contributed by atoms with van der Waals surface area (Å²) in [5.74, 6) is -0.219. The van der Waals surface area contributed by atoms with Crippen molar-refractivity contribution in [2.24, 2.45) is 5.10 Å². The van der Waals surface area contributed by atoms with E-state index in [9.17, 15) is 4.79 Å². The average Bonchev–Trinajstić information content (AvgIpc) is 2.52. The van der Waals surface area contributed by atoms with E-state index >= 15 is 0 Å². The van der Waals surface area contributed by atoms with Gasteiger partial charge in [0, 0.05) is 23.5 Å². The standard InChI is InChI=1S/C18H21N3O/c1-13(15-6-5-11-19-12-15)20-21-17(22)14-7-9-16(10-8-14)18(2,3)4/h5-12H,1-4H3,(H,21,22). The van der Waals surface area contributed by atoms with Crippen molar-refractivity contribution < 1.29 is 4.79 Å². The van der Waals surface area contributed by atoms with Crippen LogP contribution in [0.2, 0.25) is 0 Å². The first-order chi connectivity index (χ1) is 10.4. The highest BCUT2D eigenvalue weighted by molar-refractivity contribution is 6.00. The maximum atomic E-state index is 12.1. The van der Waals surface area contributed by atoms with Crippen LogP contribution in [0.3, 0.4) is 0 Å². The number of aromatic nitrogens is 1. The van der Waals surface area contributed by atoms with E-state index in [1.165, 1.54) is 5.56 Å². The molecule has 2 rings (SSSR count). The minimum Gasteiger partial charge on any atom is -0.267 e. The summed E-state index contributed by atoms with van der Waals surface area (Å²) < 4.78 is 0. The number of carbonyl (C=O) groups is 1. The van der Waals surface area contributed by atoms with E-state index < -0.39 is 0 Å². The maximum absolute atomic E-state index is 12.1. The lowest BCUT2D eigenvalue weighted by molar-refractivity contribution is 0.0955. The third kappa shape index (κ3) is 4.01. The Bertz CT molecular complexity index is 668. The van der Waals surface area contributed by atoms with Gasteiger partial charge >= 0.3 is 0 Å². The van der Waals surface area contributed by atoms with E-state index in [4.69, 9.17) is 0 Å². The third-order valence-electron chi connectivity index (χ3n) is 3.42. The minimum atomic E-state index is -0.219. The van der Waals surface area contributed by atoms with Crippen LogP contribution in [0.25, 0.3) is 0 Å². The molecule has 4 nitrogen and oxygen atoms in total. The lowest BCUT2D eigenvalue weighted by atomic mass is 9.87. The number of hydrogen-bond donors (Lipinski definition) is 1. The van der Waals surface area contributed by atoms with Crippen molar-refractivity contribution in [1.29, 1.82) is 0 Å². The van der Waals surface area contributed by atoms with Gasteiger partial charge in [-0.2, -0.15) is 5.10 Å². The fourth-order valence-electron chi connectivity index (χ4n) is 1.96. The van der Waals surface area contributed by atoms with Gasteiger partial charge in [0.2, 0.25) is 0 Å². The molecule has 0 spiro atoms. The number of benzene rings is 1. The number of amides is 1. The Kier molecular flexibility index (Phi) is 4.71. The maximum Gasteiger partial charge on any atom is 0.271 e. The zero-order chi connectivity index (χ0) is 16.2.